The highest BCUT2D eigenvalue weighted by Crippen LogP contribution is 2.17. The molecule has 30 heavy (non-hydrogen) atoms. The normalized spacial score (nSPS) is 16.5. The number of piperidine rings is 1. The molecule has 6 heteroatoms. The fourth-order valence-corrected chi connectivity index (χ4v) is 3.83. The van der Waals surface area contributed by atoms with Crippen LogP contribution in [0.1, 0.15) is 31.7 Å². The standard InChI is InChI=1S/C24H36N6/c1-20(29(3)19-21-9-5-4-6-10-21)12-16-27-24(25-2)28-22-13-17-30(18-14-22)23-11-7-8-15-26-23/h4-11,15,20,22H,12-14,16-19H2,1-3H3,(H2,25,27,28). The van der Waals surface area contributed by atoms with Gasteiger partial charge in [-0.15, -0.1) is 0 Å². The smallest absolute Gasteiger partial charge is 0.191 e. The number of rotatable bonds is 8. The highest BCUT2D eigenvalue weighted by atomic mass is 15.2. The van der Waals surface area contributed by atoms with Crippen molar-refractivity contribution < 1.29 is 0 Å². The summed E-state index contributed by atoms with van der Waals surface area (Å²) in [7, 11) is 4.05. The minimum atomic E-state index is 0.453. The molecule has 1 aromatic heterocycles. The van der Waals surface area contributed by atoms with E-state index < -0.39 is 0 Å². The van der Waals surface area contributed by atoms with Crippen LogP contribution in [0.4, 0.5) is 5.82 Å². The van der Waals surface area contributed by atoms with Crippen molar-refractivity contribution in [2.75, 3.05) is 38.6 Å². The van der Waals surface area contributed by atoms with Crippen LogP contribution in [0.25, 0.3) is 0 Å². The Hall–Kier alpha value is -2.60. The Balaban J connectivity index is 1.36. The third-order valence-electron chi connectivity index (χ3n) is 5.91. The Morgan fingerprint density at radius 1 is 1.17 bits per heavy atom. The molecule has 1 aliphatic heterocycles. The Labute approximate surface area is 181 Å². The molecule has 1 aromatic carbocycles. The number of anilines is 1. The molecular weight excluding hydrogens is 372 g/mol. The van der Waals surface area contributed by atoms with E-state index in [1.54, 1.807) is 0 Å². The molecule has 0 aliphatic carbocycles. The summed E-state index contributed by atoms with van der Waals surface area (Å²) < 4.78 is 0. The van der Waals surface area contributed by atoms with Gasteiger partial charge in [0.15, 0.2) is 5.96 Å². The minimum Gasteiger partial charge on any atom is -0.356 e. The molecule has 2 N–H and O–H groups in total. The molecule has 6 nitrogen and oxygen atoms in total. The van der Waals surface area contributed by atoms with Crippen molar-refractivity contribution >= 4 is 11.8 Å². The Morgan fingerprint density at radius 3 is 2.57 bits per heavy atom. The molecule has 2 aromatic rings. The van der Waals surface area contributed by atoms with Crippen molar-refractivity contribution in [2.24, 2.45) is 4.99 Å². The topological polar surface area (TPSA) is 55.8 Å². The van der Waals surface area contributed by atoms with Crippen LogP contribution in [0.5, 0.6) is 0 Å². The highest BCUT2D eigenvalue weighted by Gasteiger charge is 2.20. The fourth-order valence-electron chi connectivity index (χ4n) is 3.83. The van der Waals surface area contributed by atoms with E-state index in [2.05, 4.69) is 86.8 Å². The van der Waals surface area contributed by atoms with Gasteiger partial charge in [0, 0.05) is 51.5 Å². The van der Waals surface area contributed by atoms with Gasteiger partial charge in [0.2, 0.25) is 0 Å². The SMILES string of the molecule is CN=C(NCCC(C)N(C)Cc1ccccc1)NC1CCN(c2ccccn2)CC1. The van der Waals surface area contributed by atoms with E-state index in [0.29, 0.717) is 12.1 Å². The molecular formula is C24H36N6. The second kappa shape index (κ2) is 11.6. The minimum absolute atomic E-state index is 0.453. The number of nitrogens with zero attached hydrogens (tertiary/aromatic N) is 4. The highest BCUT2D eigenvalue weighted by molar-refractivity contribution is 5.79. The molecule has 0 spiro atoms. The molecule has 1 saturated heterocycles. The van der Waals surface area contributed by atoms with Crippen LogP contribution in [0.3, 0.4) is 0 Å². The van der Waals surface area contributed by atoms with Gasteiger partial charge in [-0.25, -0.2) is 4.98 Å². The predicted molar refractivity (Wildman–Crippen MR) is 126 cm³/mol. The zero-order valence-corrected chi connectivity index (χ0v) is 18.6. The molecule has 1 aliphatic rings. The van der Waals surface area contributed by atoms with Crippen LogP contribution >= 0.6 is 0 Å². The van der Waals surface area contributed by atoms with Crippen molar-refractivity contribution in [1.82, 2.24) is 20.5 Å². The van der Waals surface area contributed by atoms with E-state index >= 15 is 0 Å². The zero-order valence-electron chi connectivity index (χ0n) is 18.6. The first-order valence-corrected chi connectivity index (χ1v) is 11.0. The van der Waals surface area contributed by atoms with E-state index in [4.69, 9.17) is 0 Å². The molecule has 0 saturated carbocycles. The van der Waals surface area contributed by atoms with Crippen LogP contribution in [-0.2, 0) is 6.54 Å². The maximum atomic E-state index is 4.47. The molecule has 0 bridgehead atoms. The van der Waals surface area contributed by atoms with Gasteiger partial charge in [-0.3, -0.25) is 9.89 Å². The van der Waals surface area contributed by atoms with E-state index in [-0.39, 0.29) is 0 Å². The first kappa shape index (κ1) is 22.1. The largest absolute Gasteiger partial charge is 0.356 e. The van der Waals surface area contributed by atoms with Crippen molar-refractivity contribution in [3.63, 3.8) is 0 Å². The number of hydrogen-bond donors (Lipinski definition) is 2. The first-order chi connectivity index (χ1) is 14.7. The second-order valence-electron chi connectivity index (χ2n) is 8.13. The van der Waals surface area contributed by atoms with Gasteiger partial charge in [0.05, 0.1) is 0 Å². The number of guanidine groups is 1. The van der Waals surface area contributed by atoms with E-state index in [0.717, 1.165) is 57.2 Å². The lowest BCUT2D eigenvalue weighted by Gasteiger charge is -2.34. The van der Waals surface area contributed by atoms with Gasteiger partial charge in [-0.05, 0) is 50.9 Å². The molecule has 0 radical (unpaired) electrons. The van der Waals surface area contributed by atoms with Crippen LogP contribution in [0, 0.1) is 0 Å². The quantitative estimate of drug-likeness (QED) is 0.519. The average molecular weight is 409 g/mol. The molecule has 0 amide bonds. The molecule has 1 unspecified atom stereocenters. The summed E-state index contributed by atoms with van der Waals surface area (Å²) >= 11 is 0. The van der Waals surface area contributed by atoms with Crippen molar-refractivity contribution in [2.45, 2.75) is 44.8 Å². The summed E-state index contributed by atoms with van der Waals surface area (Å²) in [6, 6.07) is 17.7. The maximum absolute atomic E-state index is 4.47. The summed E-state index contributed by atoms with van der Waals surface area (Å²) in [5.74, 6) is 1.98. The number of nitrogens with one attached hydrogen (secondary N) is 2. The third-order valence-corrected chi connectivity index (χ3v) is 5.91. The van der Waals surface area contributed by atoms with E-state index in [9.17, 15) is 0 Å². The number of pyridine rings is 1. The van der Waals surface area contributed by atoms with Gasteiger partial charge in [0.25, 0.3) is 0 Å². The van der Waals surface area contributed by atoms with Gasteiger partial charge in [-0.1, -0.05) is 36.4 Å². The summed E-state index contributed by atoms with van der Waals surface area (Å²) in [6.45, 7) is 6.21. The molecule has 2 heterocycles. The van der Waals surface area contributed by atoms with Gasteiger partial charge >= 0.3 is 0 Å². The monoisotopic (exact) mass is 408 g/mol. The van der Waals surface area contributed by atoms with Crippen molar-refractivity contribution in [3.05, 3.63) is 60.3 Å². The van der Waals surface area contributed by atoms with E-state index in [1.165, 1.54) is 5.56 Å². The van der Waals surface area contributed by atoms with Crippen LogP contribution in [0.15, 0.2) is 59.7 Å². The van der Waals surface area contributed by atoms with Gasteiger partial charge < -0.3 is 15.5 Å². The summed E-state index contributed by atoms with van der Waals surface area (Å²) in [6.07, 6.45) is 5.12. The lowest BCUT2D eigenvalue weighted by atomic mass is 10.1. The lowest BCUT2D eigenvalue weighted by molar-refractivity contribution is 0.238. The molecule has 162 valence electrons. The third kappa shape index (κ3) is 6.73. The van der Waals surface area contributed by atoms with Crippen LogP contribution in [0.2, 0.25) is 0 Å². The van der Waals surface area contributed by atoms with Gasteiger partial charge in [-0.2, -0.15) is 0 Å². The van der Waals surface area contributed by atoms with Gasteiger partial charge in [0.1, 0.15) is 5.82 Å². The number of hydrogen-bond acceptors (Lipinski definition) is 4. The summed E-state index contributed by atoms with van der Waals surface area (Å²) in [5.41, 5.74) is 1.36. The van der Waals surface area contributed by atoms with Crippen LogP contribution < -0.4 is 15.5 Å². The molecule has 1 fully saturated rings. The average Bonchev–Trinajstić information content (AvgIpc) is 2.80. The zero-order chi connectivity index (χ0) is 21.2. The Bertz CT molecular complexity index is 756. The summed E-state index contributed by atoms with van der Waals surface area (Å²) in [5, 5.41) is 7.09. The van der Waals surface area contributed by atoms with Crippen molar-refractivity contribution in [1.29, 1.82) is 0 Å². The lowest BCUT2D eigenvalue weighted by Crippen LogP contribution is -2.49. The number of benzene rings is 1. The maximum Gasteiger partial charge on any atom is 0.191 e. The molecule has 1 atom stereocenters. The second-order valence-corrected chi connectivity index (χ2v) is 8.13. The summed E-state index contributed by atoms with van der Waals surface area (Å²) in [4.78, 5) is 13.7. The molecule has 3 rings (SSSR count). The number of aliphatic imine (C=N–C) groups is 1. The van der Waals surface area contributed by atoms with E-state index in [1.807, 2.05) is 19.3 Å². The predicted octanol–water partition coefficient (Wildman–Crippen LogP) is 3.13. The fraction of sp³-hybridized carbons (Fsp3) is 0.500. The Morgan fingerprint density at radius 2 is 1.90 bits per heavy atom. The van der Waals surface area contributed by atoms with Crippen molar-refractivity contribution in [3.8, 4) is 0 Å². The Kier molecular flexibility index (Phi) is 8.51. The first-order valence-electron chi connectivity index (χ1n) is 11.0. The number of aromatic nitrogens is 1. The van der Waals surface area contributed by atoms with Crippen LogP contribution in [-0.4, -0.2) is 61.7 Å².